The summed E-state index contributed by atoms with van der Waals surface area (Å²) >= 11 is 9.33. The second-order valence-electron chi connectivity index (χ2n) is 4.77. The molecule has 1 N–H and O–H groups in total. The zero-order valence-electron chi connectivity index (χ0n) is 11.2. The molecule has 1 fully saturated rings. The van der Waals surface area contributed by atoms with Gasteiger partial charge in [0.05, 0.1) is 17.2 Å². The normalized spacial score (nSPS) is 19.6. The van der Waals surface area contributed by atoms with Crippen molar-refractivity contribution in [1.29, 1.82) is 0 Å². The van der Waals surface area contributed by atoms with E-state index in [1.807, 2.05) is 13.0 Å². The van der Waals surface area contributed by atoms with E-state index in [-0.39, 0.29) is 24.7 Å². The fourth-order valence-corrected chi connectivity index (χ4v) is 2.85. The highest BCUT2D eigenvalue weighted by Gasteiger charge is 2.23. The Bertz CT molecular complexity index is 477. The van der Waals surface area contributed by atoms with E-state index in [9.17, 15) is 4.79 Å². The van der Waals surface area contributed by atoms with Crippen molar-refractivity contribution in [2.24, 2.45) is 0 Å². The smallest absolute Gasteiger partial charge is 0.258 e. The van der Waals surface area contributed by atoms with Gasteiger partial charge in [0.15, 0.2) is 6.61 Å². The molecule has 0 radical (unpaired) electrons. The van der Waals surface area contributed by atoms with Gasteiger partial charge in [-0.25, -0.2) is 0 Å². The van der Waals surface area contributed by atoms with Gasteiger partial charge in [0, 0.05) is 11.1 Å². The van der Waals surface area contributed by atoms with Crippen LogP contribution in [0.4, 0.5) is 0 Å². The van der Waals surface area contributed by atoms with Gasteiger partial charge in [-0.2, -0.15) is 0 Å². The van der Waals surface area contributed by atoms with Crippen LogP contribution in [0.5, 0.6) is 5.75 Å². The summed E-state index contributed by atoms with van der Waals surface area (Å²) in [7, 11) is 0. The Hall–Kier alpha value is -0.780. The summed E-state index contributed by atoms with van der Waals surface area (Å²) in [5.41, 5.74) is 0. The van der Waals surface area contributed by atoms with Gasteiger partial charge < -0.3 is 14.8 Å². The van der Waals surface area contributed by atoms with E-state index in [2.05, 4.69) is 21.2 Å². The van der Waals surface area contributed by atoms with Crippen LogP contribution < -0.4 is 10.1 Å². The Morgan fingerprint density at radius 2 is 2.45 bits per heavy atom. The van der Waals surface area contributed by atoms with E-state index in [0.717, 1.165) is 23.9 Å². The predicted molar refractivity (Wildman–Crippen MR) is 81.2 cm³/mol. The Labute approximate surface area is 131 Å². The first-order valence-corrected chi connectivity index (χ1v) is 7.72. The van der Waals surface area contributed by atoms with E-state index >= 15 is 0 Å². The summed E-state index contributed by atoms with van der Waals surface area (Å²) in [6, 6.07) is 5.26. The molecule has 0 aromatic heterocycles. The van der Waals surface area contributed by atoms with Crippen molar-refractivity contribution < 1.29 is 14.3 Å². The van der Waals surface area contributed by atoms with Crippen LogP contribution in [0.2, 0.25) is 5.02 Å². The maximum atomic E-state index is 11.8. The Kier molecular flexibility index (Phi) is 5.69. The molecule has 1 aromatic rings. The number of ether oxygens (including phenoxy) is 2. The number of nitrogens with one attached hydrogen (secondary N) is 1. The van der Waals surface area contributed by atoms with E-state index in [4.69, 9.17) is 21.1 Å². The van der Waals surface area contributed by atoms with Crippen molar-refractivity contribution in [2.45, 2.75) is 31.9 Å². The number of amides is 1. The molecule has 2 rings (SSSR count). The molecule has 6 heteroatoms. The third kappa shape index (κ3) is 4.36. The highest BCUT2D eigenvalue weighted by Crippen LogP contribution is 2.27. The zero-order chi connectivity index (χ0) is 14.5. The maximum absolute atomic E-state index is 11.8. The van der Waals surface area contributed by atoms with Gasteiger partial charge in [0.25, 0.3) is 5.91 Å². The van der Waals surface area contributed by atoms with Crippen molar-refractivity contribution in [1.82, 2.24) is 5.32 Å². The van der Waals surface area contributed by atoms with E-state index in [1.54, 1.807) is 12.1 Å². The summed E-state index contributed by atoms with van der Waals surface area (Å²) in [4.78, 5) is 11.8. The lowest BCUT2D eigenvalue weighted by molar-refractivity contribution is -0.124. The van der Waals surface area contributed by atoms with Gasteiger partial charge in [-0.15, -0.1) is 0 Å². The zero-order valence-corrected chi connectivity index (χ0v) is 13.5. The standard InChI is InChI=1S/C14H17BrClNO3/c1-9(12-3-2-6-19-12)17-14(18)8-20-13-5-4-10(15)7-11(13)16/h4-5,7,9,12H,2-3,6,8H2,1H3,(H,17,18)/t9-,12+/m1/s1. The number of carbonyl (C=O) groups is 1. The van der Waals surface area contributed by atoms with Crippen molar-refractivity contribution >= 4 is 33.4 Å². The Morgan fingerprint density at radius 1 is 1.65 bits per heavy atom. The lowest BCUT2D eigenvalue weighted by atomic mass is 10.1. The van der Waals surface area contributed by atoms with Crippen molar-refractivity contribution in [3.8, 4) is 5.75 Å². The minimum absolute atomic E-state index is 0.00557. The number of benzene rings is 1. The Morgan fingerprint density at radius 3 is 3.10 bits per heavy atom. The monoisotopic (exact) mass is 361 g/mol. The molecular weight excluding hydrogens is 346 g/mol. The molecule has 1 aliphatic rings. The summed E-state index contributed by atoms with van der Waals surface area (Å²) in [5.74, 6) is 0.321. The van der Waals surface area contributed by atoms with Crippen molar-refractivity contribution in [3.05, 3.63) is 27.7 Å². The van der Waals surface area contributed by atoms with E-state index < -0.39 is 0 Å². The number of hydrogen-bond donors (Lipinski definition) is 1. The van der Waals surface area contributed by atoms with Crippen LogP contribution in [-0.4, -0.2) is 31.3 Å². The van der Waals surface area contributed by atoms with E-state index in [0.29, 0.717) is 10.8 Å². The van der Waals surface area contributed by atoms with E-state index in [1.165, 1.54) is 0 Å². The fraction of sp³-hybridized carbons (Fsp3) is 0.500. The van der Waals surface area contributed by atoms with Gasteiger partial charge in [-0.1, -0.05) is 27.5 Å². The first-order chi connectivity index (χ1) is 9.56. The predicted octanol–water partition coefficient (Wildman–Crippen LogP) is 3.17. The minimum Gasteiger partial charge on any atom is -0.482 e. The second-order valence-corrected chi connectivity index (χ2v) is 6.09. The third-order valence-electron chi connectivity index (χ3n) is 3.16. The molecule has 1 aromatic carbocycles. The van der Waals surface area contributed by atoms with Gasteiger partial charge >= 0.3 is 0 Å². The molecule has 0 unspecified atom stereocenters. The Balaban J connectivity index is 1.79. The van der Waals surface area contributed by atoms with Crippen LogP contribution in [0, 0.1) is 0 Å². The lowest BCUT2D eigenvalue weighted by Gasteiger charge is -2.20. The number of hydrogen-bond acceptors (Lipinski definition) is 3. The number of rotatable bonds is 5. The summed E-state index contributed by atoms with van der Waals surface area (Å²) in [5, 5.41) is 3.35. The number of halogens is 2. The van der Waals surface area contributed by atoms with Crippen LogP contribution in [0.1, 0.15) is 19.8 Å². The van der Waals surface area contributed by atoms with Gasteiger partial charge in [0.1, 0.15) is 5.75 Å². The maximum Gasteiger partial charge on any atom is 0.258 e. The molecule has 1 saturated heterocycles. The molecule has 0 spiro atoms. The van der Waals surface area contributed by atoms with Crippen molar-refractivity contribution in [3.63, 3.8) is 0 Å². The molecular formula is C14H17BrClNO3. The van der Waals surface area contributed by atoms with Gasteiger partial charge in [-0.05, 0) is 38.0 Å². The highest BCUT2D eigenvalue weighted by atomic mass is 79.9. The minimum atomic E-state index is -0.174. The van der Waals surface area contributed by atoms with Crippen LogP contribution in [0.25, 0.3) is 0 Å². The first kappa shape index (κ1) is 15.6. The summed E-state index contributed by atoms with van der Waals surface area (Å²) < 4.78 is 11.8. The quantitative estimate of drug-likeness (QED) is 0.875. The van der Waals surface area contributed by atoms with Crippen molar-refractivity contribution in [2.75, 3.05) is 13.2 Å². The topological polar surface area (TPSA) is 47.6 Å². The highest BCUT2D eigenvalue weighted by molar-refractivity contribution is 9.10. The van der Waals surface area contributed by atoms with Gasteiger partial charge in [0.2, 0.25) is 0 Å². The second kappa shape index (κ2) is 7.29. The molecule has 1 aliphatic heterocycles. The molecule has 2 atom stereocenters. The first-order valence-electron chi connectivity index (χ1n) is 6.55. The summed E-state index contributed by atoms with van der Waals surface area (Å²) in [6.45, 7) is 2.66. The molecule has 1 amide bonds. The molecule has 0 bridgehead atoms. The fourth-order valence-electron chi connectivity index (χ4n) is 2.12. The average molecular weight is 363 g/mol. The SMILES string of the molecule is C[C@@H](NC(=O)COc1ccc(Br)cc1Cl)[C@@H]1CCCO1. The summed E-state index contributed by atoms with van der Waals surface area (Å²) in [6.07, 6.45) is 2.15. The molecule has 20 heavy (non-hydrogen) atoms. The molecule has 0 saturated carbocycles. The van der Waals surface area contributed by atoms with Crippen LogP contribution in [0.15, 0.2) is 22.7 Å². The lowest BCUT2D eigenvalue weighted by Crippen LogP contribution is -2.42. The van der Waals surface area contributed by atoms with Crippen LogP contribution in [-0.2, 0) is 9.53 Å². The molecule has 110 valence electrons. The molecule has 0 aliphatic carbocycles. The third-order valence-corrected chi connectivity index (χ3v) is 3.95. The van der Waals surface area contributed by atoms with Crippen LogP contribution >= 0.6 is 27.5 Å². The average Bonchev–Trinajstić information content (AvgIpc) is 2.91. The molecule has 4 nitrogen and oxygen atoms in total. The van der Waals surface area contributed by atoms with Gasteiger partial charge in [-0.3, -0.25) is 4.79 Å². The van der Waals surface area contributed by atoms with Crippen LogP contribution in [0.3, 0.4) is 0 Å². The molecule has 1 heterocycles. The largest absolute Gasteiger partial charge is 0.482 e. The number of carbonyl (C=O) groups excluding carboxylic acids is 1.